The van der Waals surface area contributed by atoms with E-state index in [9.17, 15) is 4.79 Å². The van der Waals surface area contributed by atoms with Gasteiger partial charge in [-0.25, -0.2) is 0 Å². The van der Waals surface area contributed by atoms with Gasteiger partial charge >= 0.3 is 0 Å². The normalized spacial score (nSPS) is 27.8. The van der Waals surface area contributed by atoms with Gasteiger partial charge in [-0.15, -0.1) is 0 Å². The maximum atomic E-state index is 12.1. The van der Waals surface area contributed by atoms with Crippen LogP contribution < -0.4 is 10.6 Å². The van der Waals surface area contributed by atoms with Crippen LogP contribution in [0.4, 0.5) is 0 Å². The van der Waals surface area contributed by atoms with Gasteiger partial charge in [0.2, 0.25) is 5.91 Å². The average Bonchev–Trinajstić information content (AvgIpc) is 2.54. The zero-order chi connectivity index (χ0) is 17.4. The molecule has 3 unspecified atom stereocenters. The van der Waals surface area contributed by atoms with E-state index < -0.39 is 0 Å². The Morgan fingerprint density at radius 3 is 2.54 bits per heavy atom. The first-order valence-electron chi connectivity index (χ1n) is 9.90. The first-order valence-corrected chi connectivity index (χ1v) is 9.90. The van der Waals surface area contributed by atoms with Crippen LogP contribution in [0.3, 0.4) is 0 Å². The number of unbranched alkanes of at least 4 members (excludes halogenated alkanes) is 1. The molecule has 5 nitrogen and oxygen atoms in total. The number of carbonyl (C=O) groups excluding carboxylic acids is 1. The van der Waals surface area contributed by atoms with Gasteiger partial charge in [0.15, 0.2) is 0 Å². The van der Waals surface area contributed by atoms with Gasteiger partial charge < -0.3 is 15.4 Å². The number of rotatable bonds is 8. The highest BCUT2D eigenvalue weighted by Gasteiger charge is 2.22. The molecule has 0 aliphatic carbocycles. The number of hydrogen-bond acceptors (Lipinski definition) is 4. The third-order valence-electron chi connectivity index (χ3n) is 5.41. The lowest BCUT2D eigenvalue weighted by atomic mass is 9.84. The number of amides is 1. The summed E-state index contributed by atoms with van der Waals surface area (Å²) in [6.07, 6.45) is 5.99. The molecule has 0 aromatic carbocycles. The number of nitrogens with one attached hydrogen (secondary N) is 2. The van der Waals surface area contributed by atoms with Gasteiger partial charge in [0.25, 0.3) is 0 Å². The maximum absolute atomic E-state index is 12.1. The molecule has 2 aliphatic rings. The predicted molar refractivity (Wildman–Crippen MR) is 98.1 cm³/mol. The van der Waals surface area contributed by atoms with Gasteiger partial charge in [-0.2, -0.15) is 0 Å². The summed E-state index contributed by atoms with van der Waals surface area (Å²) < 4.78 is 5.76. The van der Waals surface area contributed by atoms with E-state index in [1.165, 1.54) is 12.8 Å². The molecule has 2 fully saturated rings. The second kappa shape index (κ2) is 10.4. The van der Waals surface area contributed by atoms with E-state index in [1.54, 1.807) is 0 Å². The second-order valence-corrected chi connectivity index (χ2v) is 7.84. The Morgan fingerprint density at radius 2 is 1.88 bits per heavy atom. The van der Waals surface area contributed by atoms with Gasteiger partial charge in [0.05, 0.1) is 12.2 Å². The van der Waals surface area contributed by atoms with Gasteiger partial charge in [0, 0.05) is 26.1 Å². The van der Waals surface area contributed by atoms with Crippen molar-refractivity contribution in [3.05, 3.63) is 0 Å². The summed E-state index contributed by atoms with van der Waals surface area (Å²) in [4.78, 5) is 14.6. The third-order valence-corrected chi connectivity index (χ3v) is 5.41. The van der Waals surface area contributed by atoms with Crippen LogP contribution in [0.25, 0.3) is 0 Å². The summed E-state index contributed by atoms with van der Waals surface area (Å²) in [6.45, 7) is 12.7. The van der Waals surface area contributed by atoms with Crippen LogP contribution in [0, 0.1) is 11.8 Å². The molecule has 140 valence electrons. The summed E-state index contributed by atoms with van der Waals surface area (Å²) >= 11 is 0. The first kappa shape index (κ1) is 19.7. The highest BCUT2D eigenvalue weighted by Crippen LogP contribution is 2.24. The van der Waals surface area contributed by atoms with Gasteiger partial charge in [-0.3, -0.25) is 9.69 Å². The Morgan fingerprint density at radius 1 is 1.21 bits per heavy atom. The lowest BCUT2D eigenvalue weighted by Crippen LogP contribution is -2.45. The van der Waals surface area contributed by atoms with Crippen LogP contribution in [0.2, 0.25) is 0 Å². The Hall–Kier alpha value is -0.650. The summed E-state index contributed by atoms with van der Waals surface area (Å²) in [5.41, 5.74) is 0. The standard InChI is InChI=1S/C19H37N3O2/c1-15(18-6-9-20-10-7-18)12-19(23)21-8-4-5-11-22-13-16(2)24-17(3)14-22/h15-18,20H,4-14H2,1-3H3,(H,21,23). The smallest absolute Gasteiger partial charge is 0.220 e. The van der Waals surface area contributed by atoms with Crippen molar-refractivity contribution < 1.29 is 9.53 Å². The molecule has 0 spiro atoms. The minimum Gasteiger partial charge on any atom is -0.373 e. The van der Waals surface area contributed by atoms with Crippen LogP contribution in [0.1, 0.15) is 52.9 Å². The highest BCUT2D eigenvalue weighted by molar-refractivity contribution is 5.76. The molecule has 0 aromatic heterocycles. The molecule has 2 N–H and O–H groups in total. The summed E-state index contributed by atoms with van der Waals surface area (Å²) in [5, 5.41) is 6.50. The maximum Gasteiger partial charge on any atom is 0.220 e. The summed E-state index contributed by atoms with van der Waals surface area (Å²) in [5.74, 6) is 1.44. The van der Waals surface area contributed by atoms with Crippen molar-refractivity contribution in [2.75, 3.05) is 39.3 Å². The van der Waals surface area contributed by atoms with Crippen molar-refractivity contribution in [2.24, 2.45) is 11.8 Å². The summed E-state index contributed by atoms with van der Waals surface area (Å²) in [7, 11) is 0. The Bertz CT molecular complexity index is 362. The zero-order valence-electron chi connectivity index (χ0n) is 15.9. The molecule has 5 heteroatoms. The molecule has 2 aliphatic heterocycles. The number of morpholine rings is 1. The largest absolute Gasteiger partial charge is 0.373 e. The third kappa shape index (κ3) is 7.08. The predicted octanol–water partition coefficient (Wildman–Crippen LogP) is 2.02. The lowest BCUT2D eigenvalue weighted by molar-refractivity contribution is -0.122. The molecule has 1 amide bonds. The Balaban J connectivity index is 1.51. The van der Waals surface area contributed by atoms with Crippen LogP contribution in [0.5, 0.6) is 0 Å². The first-order chi connectivity index (χ1) is 11.5. The molecule has 0 radical (unpaired) electrons. The topological polar surface area (TPSA) is 53.6 Å². The van der Waals surface area contributed by atoms with E-state index in [0.717, 1.165) is 52.1 Å². The van der Waals surface area contributed by atoms with E-state index >= 15 is 0 Å². The molecule has 0 bridgehead atoms. The van der Waals surface area contributed by atoms with Gasteiger partial charge in [-0.1, -0.05) is 6.92 Å². The minimum atomic E-state index is 0.231. The quantitative estimate of drug-likeness (QED) is 0.664. The molecule has 0 saturated carbocycles. The molecule has 2 rings (SSSR count). The Kier molecular flexibility index (Phi) is 8.50. The molecule has 2 saturated heterocycles. The number of piperidine rings is 1. The van der Waals surface area contributed by atoms with E-state index in [2.05, 4.69) is 36.3 Å². The fourth-order valence-electron chi connectivity index (χ4n) is 4.10. The van der Waals surface area contributed by atoms with E-state index in [4.69, 9.17) is 4.74 Å². The van der Waals surface area contributed by atoms with Crippen LogP contribution in [-0.2, 0) is 9.53 Å². The number of nitrogens with zero attached hydrogens (tertiary/aromatic N) is 1. The molecular formula is C19H37N3O2. The average molecular weight is 340 g/mol. The second-order valence-electron chi connectivity index (χ2n) is 7.84. The Labute approximate surface area is 147 Å². The molecule has 24 heavy (non-hydrogen) atoms. The van der Waals surface area contributed by atoms with Crippen molar-refractivity contribution in [3.8, 4) is 0 Å². The van der Waals surface area contributed by atoms with Crippen molar-refractivity contribution in [1.82, 2.24) is 15.5 Å². The highest BCUT2D eigenvalue weighted by atomic mass is 16.5. The summed E-state index contributed by atoms with van der Waals surface area (Å²) in [6, 6.07) is 0. The monoisotopic (exact) mass is 339 g/mol. The van der Waals surface area contributed by atoms with Crippen molar-refractivity contribution in [3.63, 3.8) is 0 Å². The number of ether oxygens (including phenoxy) is 1. The number of hydrogen-bond donors (Lipinski definition) is 2. The van der Waals surface area contributed by atoms with Gasteiger partial charge in [-0.05, 0) is 71.0 Å². The van der Waals surface area contributed by atoms with E-state index in [-0.39, 0.29) is 5.91 Å². The fraction of sp³-hybridized carbons (Fsp3) is 0.947. The molecular weight excluding hydrogens is 302 g/mol. The SMILES string of the molecule is CC1CN(CCCCNC(=O)CC(C)C2CCNCC2)CC(C)O1. The fourth-order valence-corrected chi connectivity index (χ4v) is 4.10. The molecule has 3 atom stereocenters. The lowest BCUT2D eigenvalue weighted by Gasteiger charge is -2.35. The van der Waals surface area contributed by atoms with Crippen molar-refractivity contribution in [1.29, 1.82) is 0 Å². The van der Waals surface area contributed by atoms with Crippen LogP contribution in [0.15, 0.2) is 0 Å². The van der Waals surface area contributed by atoms with E-state index in [0.29, 0.717) is 30.5 Å². The van der Waals surface area contributed by atoms with Crippen LogP contribution >= 0.6 is 0 Å². The van der Waals surface area contributed by atoms with E-state index in [1.807, 2.05) is 0 Å². The molecule has 0 aromatic rings. The molecule has 2 heterocycles. The number of carbonyl (C=O) groups is 1. The van der Waals surface area contributed by atoms with Crippen molar-refractivity contribution >= 4 is 5.91 Å². The van der Waals surface area contributed by atoms with Crippen LogP contribution in [-0.4, -0.2) is 62.3 Å². The minimum absolute atomic E-state index is 0.231. The van der Waals surface area contributed by atoms with Crippen molar-refractivity contribution in [2.45, 2.75) is 65.1 Å². The zero-order valence-corrected chi connectivity index (χ0v) is 15.9. The van der Waals surface area contributed by atoms with Gasteiger partial charge in [0.1, 0.15) is 0 Å².